The lowest BCUT2D eigenvalue weighted by molar-refractivity contribution is 0.0568. The highest BCUT2D eigenvalue weighted by atomic mass is 16.3. The van der Waals surface area contributed by atoms with Gasteiger partial charge in [-0.15, -0.1) is 6.58 Å². The second-order valence-electron chi connectivity index (χ2n) is 3.17. The minimum Gasteiger partial charge on any atom is -0.389 e. The van der Waals surface area contributed by atoms with Gasteiger partial charge in [0.25, 0.3) is 0 Å². The molecule has 0 aliphatic rings. The van der Waals surface area contributed by atoms with Crippen LogP contribution in [0, 0.1) is 11.8 Å². The van der Waals surface area contributed by atoms with Crippen LogP contribution in [0.25, 0.3) is 0 Å². The van der Waals surface area contributed by atoms with Gasteiger partial charge >= 0.3 is 0 Å². The molecule has 0 saturated heterocycles. The van der Waals surface area contributed by atoms with Gasteiger partial charge in [0.1, 0.15) is 6.10 Å². The highest BCUT2D eigenvalue weighted by molar-refractivity contribution is 5.34. The Labute approximate surface area is 89.9 Å². The Balaban J connectivity index is 2.61. The van der Waals surface area contributed by atoms with E-state index in [0.29, 0.717) is 6.42 Å². The minimum absolute atomic E-state index is 0.338. The lowest BCUT2D eigenvalue weighted by Crippen LogP contribution is -2.23. The Morgan fingerprint density at radius 2 is 1.93 bits per heavy atom. The molecule has 0 aliphatic carbocycles. The van der Waals surface area contributed by atoms with Crippen molar-refractivity contribution in [3.63, 3.8) is 0 Å². The summed E-state index contributed by atoms with van der Waals surface area (Å²) >= 11 is 0. The van der Waals surface area contributed by atoms with Gasteiger partial charge in [-0.2, -0.15) is 0 Å². The summed E-state index contributed by atoms with van der Waals surface area (Å²) in [6.45, 7) is 3.48. The highest BCUT2D eigenvalue weighted by Crippen LogP contribution is 2.00. The molecule has 78 valence electrons. The van der Waals surface area contributed by atoms with Gasteiger partial charge in [-0.25, -0.2) is 0 Å². The van der Waals surface area contributed by atoms with Gasteiger partial charge in [0, 0.05) is 5.56 Å². The molecule has 0 heterocycles. The summed E-state index contributed by atoms with van der Waals surface area (Å²) in [6.07, 6.45) is 0.00447. The summed E-state index contributed by atoms with van der Waals surface area (Å²) in [5, 5.41) is 18.8. The van der Waals surface area contributed by atoms with Crippen LogP contribution in [0.15, 0.2) is 43.0 Å². The summed E-state index contributed by atoms with van der Waals surface area (Å²) in [7, 11) is 0. The molecule has 1 rings (SSSR count). The molecule has 0 spiro atoms. The number of hydrogen-bond donors (Lipinski definition) is 2. The van der Waals surface area contributed by atoms with Crippen LogP contribution in [0.1, 0.15) is 12.0 Å². The molecule has 0 unspecified atom stereocenters. The standard InChI is InChI=1S/C13H14O2/c1-2-6-12(14)13(15)10-9-11-7-4-3-5-8-11/h2-5,7-8,12-15H,1,6H2/t12-,13-/m0/s1. The van der Waals surface area contributed by atoms with E-state index in [1.807, 2.05) is 30.3 Å². The zero-order chi connectivity index (χ0) is 11.1. The number of hydrogen-bond acceptors (Lipinski definition) is 2. The number of rotatable bonds is 3. The van der Waals surface area contributed by atoms with E-state index in [1.54, 1.807) is 6.08 Å². The topological polar surface area (TPSA) is 40.5 Å². The highest BCUT2D eigenvalue weighted by Gasteiger charge is 2.10. The third-order valence-corrected chi connectivity index (χ3v) is 1.91. The predicted octanol–water partition coefficient (Wildman–Crippen LogP) is 1.34. The van der Waals surface area contributed by atoms with Crippen LogP contribution in [0.5, 0.6) is 0 Å². The summed E-state index contributed by atoms with van der Waals surface area (Å²) in [6, 6.07) is 9.33. The zero-order valence-corrected chi connectivity index (χ0v) is 8.43. The monoisotopic (exact) mass is 202 g/mol. The fourth-order valence-electron chi connectivity index (χ4n) is 1.07. The number of benzene rings is 1. The Morgan fingerprint density at radius 3 is 2.53 bits per heavy atom. The first-order chi connectivity index (χ1) is 7.24. The Kier molecular flexibility index (Phi) is 4.62. The third-order valence-electron chi connectivity index (χ3n) is 1.91. The van der Waals surface area contributed by atoms with Crippen molar-refractivity contribution in [2.24, 2.45) is 0 Å². The first-order valence-electron chi connectivity index (χ1n) is 4.77. The van der Waals surface area contributed by atoms with Crippen LogP contribution in [0.4, 0.5) is 0 Å². The van der Waals surface area contributed by atoms with Crippen molar-refractivity contribution < 1.29 is 10.2 Å². The zero-order valence-electron chi connectivity index (χ0n) is 8.43. The fourth-order valence-corrected chi connectivity index (χ4v) is 1.07. The minimum atomic E-state index is -1.02. The molecular weight excluding hydrogens is 188 g/mol. The van der Waals surface area contributed by atoms with E-state index < -0.39 is 12.2 Å². The van der Waals surface area contributed by atoms with E-state index in [9.17, 15) is 10.2 Å². The normalized spacial score (nSPS) is 13.5. The van der Waals surface area contributed by atoms with Crippen LogP contribution < -0.4 is 0 Å². The lowest BCUT2D eigenvalue weighted by atomic mass is 10.1. The van der Waals surface area contributed by atoms with Crippen molar-refractivity contribution in [3.05, 3.63) is 48.6 Å². The van der Waals surface area contributed by atoms with E-state index in [2.05, 4.69) is 18.4 Å². The van der Waals surface area contributed by atoms with Crippen molar-refractivity contribution in [2.45, 2.75) is 18.6 Å². The van der Waals surface area contributed by atoms with Gasteiger partial charge in [-0.1, -0.05) is 36.1 Å². The number of aliphatic hydroxyl groups excluding tert-OH is 2. The molecule has 2 N–H and O–H groups in total. The Hall–Kier alpha value is -1.56. The third kappa shape index (κ3) is 3.99. The van der Waals surface area contributed by atoms with Crippen LogP contribution in [-0.4, -0.2) is 22.4 Å². The molecule has 0 radical (unpaired) electrons. The van der Waals surface area contributed by atoms with E-state index >= 15 is 0 Å². The average molecular weight is 202 g/mol. The molecule has 2 nitrogen and oxygen atoms in total. The van der Waals surface area contributed by atoms with Crippen molar-refractivity contribution in [1.82, 2.24) is 0 Å². The van der Waals surface area contributed by atoms with E-state index in [4.69, 9.17) is 0 Å². The van der Waals surface area contributed by atoms with Gasteiger partial charge < -0.3 is 10.2 Å². The quantitative estimate of drug-likeness (QED) is 0.573. The van der Waals surface area contributed by atoms with Gasteiger partial charge in [-0.05, 0) is 18.6 Å². The molecule has 0 bridgehead atoms. The maximum atomic E-state index is 9.44. The van der Waals surface area contributed by atoms with Crippen molar-refractivity contribution in [1.29, 1.82) is 0 Å². The molecule has 0 saturated carbocycles. The molecule has 2 heteroatoms. The molecule has 1 aromatic rings. The lowest BCUT2D eigenvalue weighted by Gasteiger charge is -2.09. The van der Waals surface area contributed by atoms with Crippen molar-refractivity contribution in [2.75, 3.05) is 0 Å². The Bertz CT molecular complexity index is 359. The van der Waals surface area contributed by atoms with E-state index in [-0.39, 0.29) is 0 Å². The van der Waals surface area contributed by atoms with E-state index in [0.717, 1.165) is 5.56 Å². The summed E-state index contributed by atoms with van der Waals surface area (Å²) < 4.78 is 0. The molecule has 1 aromatic carbocycles. The molecule has 15 heavy (non-hydrogen) atoms. The van der Waals surface area contributed by atoms with Gasteiger partial charge in [0.2, 0.25) is 0 Å². The van der Waals surface area contributed by atoms with Crippen LogP contribution in [-0.2, 0) is 0 Å². The maximum absolute atomic E-state index is 9.44. The summed E-state index contributed by atoms with van der Waals surface area (Å²) in [4.78, 5) is 0. The molecule has 0 amide bonds. The van der Waals surface area contributed by atoms with Crippen LogP contribution >= 0.6 is 0 Å². The molecule has 0 aliphatic heterocycles. The van der Waals surface area contributed by atoms with Gasteiger partial charge in [0.15, 0.2) is 0 Å². The summed E-state index contributed by atoms with van der Waals surface area (Å²) in [5.41, 5.74) is 0.822. The summed E-state index contributed by atoms with van der Waals surface area (Å²) in [5.74, 6) is 5.38. The van der Waals surface area contributed by atoms with Gasteiger partial charge in [-0.3, -0.25) is 0 Å². The molecular formula is C13H14O2. The van der Waals surface area contributed by atoms with Gasteiger partial charge in [0.05, 0.1) is 6.10 Å². The smallest absolute Gasteiger partial charge is 0.141 e. The van der Waals surface area contributed by atoms with Crippen LogP contribution in [0.3, 0.4) is 0 Å². The SMILES string of the molecule is C=CC[C@H](O)[C@@H](O)C#Cc1ccccc1. The average Bonchev–Trinajstić information content (AvgIpc) is 2.27. The molecule has 2 atom stereocenters. The van der Waals surface area contributed by atoms with E-state index in [1.165, 1.54) is 0 Å². The predicted molar refractivity (Wildman–Crippen MR) is 60.1 cm³/mol. The second kappa shape index (κ2) is 6.02. The maximum Gasteiger partial charge on any atom is 0.141 e. The Morgan fingerprint density at radius 1 is 1.27 bits per heavy atom. The molecule has 0 fully saturated rings. The molecule has 0 aromatic heterocycles. The van der Waals surface area contributed by atoms with Crippen molar-refractivity contribution >= 4 is 0 Å². The van der Waals surface area contributed by atoms with Crippen LogP contribution in [0.2, 0.25) is 0 Å². The first kappa shape index (κ1) is 11.5. The largest absolute Gasteiger partial charge is 0.389 e. The second-order valence-corrected chi connectivity index (χ2v) is 3.17. The van der Waals surface area contributed by atoms with Crippen molar-refractivity contribution in [3.8, 4) is 11.8 Å². The first-order valence-corrected chi connectivity index (χ1v) is 4.77. The number of aliphatic hydroxyl groups is 2. The fraction of sp³-hybridized carbons (Fsp3) is 0.231.